The topological polar surface area (TPSA) is 84.0 Å². The summed E-state index contributed by atoms with van der Waals surface area (Å²) in [5.41, 5.74) is 1.39. The van der Waals surface area contributed by atoms with Crippen molar-refractivity contribution in [2.45, 2.75) is 18.8 Å². The van der Waals surface area contributed by atoms with Crippen molar-refractivity contribution in [3.8, 4) is 0 Å². The predicted molar refractivity (Wildman–Crippen MR) is 101 cm³/mol. The average Bonchev–Trinajstić information content (AvgIpc) is 2.67. The van der Waals surface area contributed by atoms with Crippen LogP contribution in [0.5, 0.6) is 0 Å². The Morgan fingerprint density at radius 2 is 1.78 bits per heavy atom. The van der Waals surface area contributed by atoms with Crippen molar-refractivity contribution in [3.05, 3.63) is 35.4 Å². The lowest BCUT2D eigenvalue weighted by Crippen LogP contribution is -2.47. The molecule has 1 amide bonds. The van der Waals surface area contributed by atoms with E-state index in [1.54, 1.807) is 12.1 Å². The molecule has 0 spiro atoms. The van der Waals surface area contributed by atoms with Crippen molar-refractivity contribution in [1.82, 2.24) is 9.80 Å². The Morgan fingerprint density at radius 3 is 2.41 bits per heavy atom. The number of sulfone groups is 1. The summed E-state index contributed by atoms with van der Waals surface area (Å²) in [5, 5.41) is 0. The molecular formula is C19H26N2O5S. The number of hydrogen-bond donors (Lipinski definition) is 0. The fourth-order valence-electron chi connectivity index (χ4n) is 3.68. The molecule has 0 N–H and O–H groups in total. The predicted octanol–water partition coefficient (Wildman–Crippen LogP) is 0.910. The summed E-state index contributed by atoms with van der Waals surface area (Å²) in [5.74, 6) is -0.0581. The minimum absolute atomic E-state index is 0.108. The number of rotatable bonds is 5. The lowest BCUT2D eigenvalue weighted by Gasteiger charge is -2.35. The van der Waals surface area contributed by atoms with Gasteiger partial charge in [0.1, 0.15) is 0 Å². The molecule has 1 aromatic rings. The fraction of sp³-hybridized carbons (Fsp3) is 0.579. The van der Waals surface area contributed by atoms with Gasteiger partial charge in [0, 0.05) is 32.7 Å². The lowest BCUT2D eigenvalue weighted by atomic mass is 9.89. The molecule has 2 aliphatic heterocycles. The molecule has 8 heteroatoms. The fourth-order valence-corrected chi connectivity index (χ4v) is 4.95. The summed E-state index contributed by atoms with van der Waals surface area (Å²) in [4.78, 5) is 28.4. The van der Waals surface area contributed by atoms with Crippen LogP contribution in [-0.2, 0) is 19.4 Å². The van der Waals surface area contributed by atoms with Gasteiger partial charge in [0.15, 0.2) is 9.84 Å². The SMILES string of the molecule is COC(=O)c1ccc(C2CCCN(CCN3CCS(=O)(=O)CC3)C2=O)cc1. The highest BCUT2D eigenvalue weighted by atomic mass is 32.2. The Balaban J connectivity index is 1.58. The van der Waals surface area contributed by atoms with Gasteiger partial charge in [0.25, 0.3) is 0 Å². The number of likely N-dealkylation sites (tertiary alicyclic amines) is 1. The van der Waals surface area contributed by atoms with Crippen molar-refractivity contribution in [3.63, 3.8) is 0 Å². The third-order valence-electron chi connectivity index (χ3n) is 5.39. The van der Waals surface area contributed by atoms with Gasteiger partial charge in [-0.3, -0.25) is 9.69 Å². The normalized spacial score (nSPS) is 23.2. The number of ether oxygens (including phenoxy) is 1. The van der Waals surface area contributed by atoms with Crippen LogP contribution in [0.2, 0.25) is 0 Å². The molecule has 148 valence electrons. The molecule has 3 rings (SSSR count). The highest BCUT2D eigenvalue weighted by Gasteiger charge is 2.30. The Labute approximate surface area is 160 Å². The van der Waals surface area contributed by atoms with Crippen LogP contribution < -0.4 is 0 Å². The number of carbonyl (C=O) groups is 2. The summed E-state index contributed by atoms with van der Waals surface area (Å²) in [6.07, 6.45) is 1.73. The van der Waals surface area contributed by atoms with E-state index in [9.17, 15) is 18.0 Å². The second-order valence-corrected chi connectivity index (χ2v) is 9.43. The van der Waals surface area contributed by atoms with E-state index in [4.69, 9.17) is 4.74 Å². The zero-order chi connectivity index (χ0) is 19.4. The first-order valence-corrected chi connectivity index (χ1v) is 11.1. The second kappa shape index (κ2) is 8.39. The number of piperidine rings is 1. The molecule has 1 aromatic carbocycles. The zero-order valence-corrected chi connectivity index (χ0v) is 16.4. The number of methoxy groups -OCH3 is 1. The molecule has 1 atom stereocenters. The first-order chi connectivity index (χ1) is 12.9. The molecule has 2 aliphatic rings. The molecule has 2 fully saturated rings. The number of esters is 1. The molecule has 0 aromatic heterocycles. The van der Waals surface area contributed by atoms with Crippen molar-refractivity contribution in [2.75, 3.05) is 51.3 Å². The van der Waals surface area contributed by atoms with E-state index in [0.29, 0.717) is 31.7 Å². The molecular weight excluding hydrogens is 368 g/mol. The molecule has 27 heavy (non-hydrogen) atoms. The number of benzene rings is 1. The number of nitrogens with zero attached hydrogens (tertiary/aromatic N) is 2. The van der Waals surface area contributed by atoms with E-state index >= 15 is 0 Å². The molecule has 2 heterocycles. The quantitative estimate of drug-likeness (QED) is 0.691. The minimum atomic E-state index is -2.88. The average molecular weight is 394 g/mol. The Morgan fingerprint density at radius 1 is 1.11 bits per heavy atom. The van der Waals surface area contributed by atoms with Gasteiger partial charge < -0.3 is 9.64 Å². The van der Waals surface area contributed by atoms with Gasteiger partial charge in [-0.05, 0) is 30.5 Å². The lowest BCUT2D eigenvalue weighted by molar-refractivity contribution is -0.135. The molecule has 0 saturated carbocycles. The highest BCUT2D eigenvalue weighted by Crippen LogP contribution is 2.28. The first-order valence-electron chi connectivity index (χ1n) is 9.29. The van der Waals surface area contributed by atoms with Crippen molar-refractivity contribution in [2.24, 2.45) is 0 Å². The molecule has 0 radical (unpaired) electrons. The van der Waals surface area contributed by atoms with E-state index in [1.165, 1.54) is 7.11 Å². The van der Waals surface area contributed by atoms with Crippen molar-refractivity contribution < 1.29 is 22.7 Å². The van der Waals surface area contributed by atoms with Crippen LogP contribution in [0.15, 0.2) is 24.3 Å². The van der Waals surface area contributed by atoms with Crippen LogP contribution in [0.1, 0.15) is 34.7 Å². The summed E-state index contributed by atoms with van der Waals surface area (Å²) in [7, 11) is -1.54. The largest absolute Gasteiger partial charge is 0.465 e. The summed E-state index contributed by atoms with van der Waals surface area (Å²) >= 11 is 0. The zero-order valence-electron chi connectivity index (χ0n) is 15.6. The van der Waals surface area contributed by atoms with Gasteiger partial charge in [0.05, 0.1) is 30.1 Å². The van der Waals surface area contributed by atoms with E-state index < -0.39 is 9.84 Å². The Bertz CT molecular complexity index is 777. The molecule has 0 bridgehead atoms. The highest BCUT2D eigenvalue weighted by molar-refractivity contribution is 7.91. The Kier molecular flexibility index (Phi) is 6.16. The van der Waals surface area contributed by atoms with Crippen LogP contribution in [0.25, 0.3) is 0 Å². The van der Waals surface area contributed by atoms with Gasteiger partial charge in [-0.25, -0.2) is 13.2 Å². The smallest absolute Gasteiger partial charge is 0.337 e. The van der Waals surface area contributed by atoms with Gasteiger partial charge in [-0.15, -0.1) is 0 Å². The maximum absolute atomic E-state index is 12.9. The van der Waals surface area contributed by atoms with E-state index in [-0.39, 0.29) is 29.3 Å². The standard InChI is InChI=1S/C19H26N2O5S/c1-26-19(23)16-6-4-15(5-7-16)17-3-2-8-21(18(17)22)10-9-20-11-13-27(24,25)14-12-20/h4-7,17H,2-3,8-14H2,1H3. The summed E-state index contributed by atoms with van der Waals surface area (Å²) < 4.78 is 27.7. The van der Waals surface area contributed by atoms with Crippen LogP contribution >= 0.6 is 0 Å². The number of hydrogen-bond acceptors (Lipinski definition) is 6. The molecule has 0 aliphatic carbocycles. The molecule has 1 unspecified atom stereocenters. The van der Waals surface area contributed by atoms with Crippen LogP contribution in [0.4, 0.5) is 0 Å². The van der Waals surface area contributed by atoms with E-state index in [2.05, 4.69) is 4.90 Å². The van der Waals surface area contributed by atoms with Crippen LogP contribution in [0.3, 0.4) is 0 Å². The van der Waals surface area contributed by atoms with Gasteiger partial charge in [0.2, 0.25) is 5.91 Å². The number of carbonyl (C=O) groups excluding carboxylic acids is 2. The summed E-state index contributed by atoms with van der Waals surface area (Å²) in [6.45, 7) is 3.15. The summed E-state index contributed by atoms with van der Waals surface area (Å²) in [6, 6.07) is 7.05. The minimum Gasteiger partial charge on any atom is -0.465 e. The van der Waals surface area contributed by atoms with Crippen LogP contribution in [0, 0.1) is 0 Å². The second-order valence-electron chi connectivity index (χ2n) is 7.13. The third kappa shape index (κ3) is 4.87. The van der Waals surface area contributed by atoms with E-state index in [0.717, 1.165) is 24.9 Å². The van der Waals surface area contributed by atoms with Gasteiger partial charge >= 0.3 is 5.97 Å². The van der Waals surface area contributed by atoms with Crippen molar-refractivity contribution >= 4 is 21.7 Å². The molecule has 2 saturated heterocycles. The maximum Gasteiger partial charge on any atom is 0.337 e. The molecule has 7 nitrogen and oxygen atoms in total. The van der Waals surface area contributed by atoms with Gasteiger partial charge in [-0.1, -0.05) is 12.1 Å². The monoisotopic (exact) mass is 394 g/mol. The van der Waals surface area contributed by atoms with Gasteiger partial charge in [-0.2, -0.15) is 0 Å². The van der Waals surface area contributed by atoms with Crippen molar-refractivity contribution in [1.29, 1.82) is 0 Å². The first kappa shape index (κ1) is 19.8. The van der Waals surface area contributed by atoms with Crippen LogP contribution in [-0.4, -0.2) is 81.4 Å². The third-order valence-corrected chi connectivity index (χ3v) is 7.00. The Hall–Kier alpha value is -1.93. The van der Waals surface area contributed by atoms with E-state index in [1.807, 2.05) is 17.0 Å². The maximum atomic E-state index is 12.9. The number of amides is 1.